The highest BCUT2D eigenvalue weighted by Crippen LogP contribution is 2.30. The molecular formula is C12H8O10S2. The van der Waals surface area contributed by atoms with E-state index in [1.165, 1.54) is 0 Å². The van der Waals surface area contributed by atoms with Gasteiger partial charge in [-0.25, -0.2) is 9.59 Å². The third-order valence-electron chi connectivity index (χ3n) is 3.05. The van der Waals surface area contributed by atoms with E-state index < -0.39 is 63.9 Å². The van der Waals surface area contributed by atoms with Gasteiger partial charge in [0.25, 0.3) is 20.2 Å². The molecule has 0 bridgehead atoms. The first kappa shape index (κ1) is 17.8. The predicted octanol–water partition coefficient (Wildman–Crippen LogP) is 0.730. The molecular weight excluding hydrogens is 368 g/mol. The van der Waals surface area contributed by atoms with E-state index in [-0.39, 0.29) is 0 Å². The number of rotatable bonds is 4. The highest BCUT2D eigenvalue weighted by Gasteiger charge is 2.24. The van der Waals surface area contributed by atoms with Crippen molar-refractivity contribution in [1.82, 2.24) is 0 Å². The molecule has 0 heterocycles. The van der Waals surface area contributed by atoms with Gasteiger partial charge in [0.05, 0.1) is 20.9 Å². The minimum absolute atomic E-state index is 0.421. The summed E-state index contributed by atoms with van der Waals surface area (Å²) in [5.74, 6) is -3.40. The summed E-state index contributed by atoms with van der Waals surface area (Å²) in [5.41, 5.74) is -1.56. The van der Waals surface area contributed by atoms with Crippen molar-refractivity contribution in [3.63, 3.8) is 0 Å². The lowest BCUT2D eigenvalue weighted by Crippen LogP contribution is -2.09. The summed E-state index contributed by atoms with van der Waals surface area (Å²) in [4.78, 5) is 20.9. The van der Waals surface area contributed by atoms with Gasteiger partial charge in [-0.2, -0.15) is 16.8 Å². The van der Waals surface area contributed by atoms with Gasteiger partial charge in [-0.15, -0.1) is 0 Å². The van der Waals surface area contributed by atoms with E-state index in [0.29, 0.717) is 24.3 Å². The zero-order chi connectivity index (χ0) is 18.4. The Morgan fingerprint density at radius 3 is 1.29 bits per heavy atom. The van der Waals surface area contributed by atoms with Crippen molar-refractivity contribution >= 4 is 42.9 Å². The van der Waals surface area contributed by atoms with Gasteiger partial charge in [0.15, 0.2) is 0 Å². The highest BCUT2D eigenvalue weighted by atomic mass is 32.2. The Morgan fingerprint density at radius 2 is 1.04 bits per heavy atom. The molecule has 24 heavy (non-hydrogen) atoms. The van der Waals surface area contributed by atoms with E-state index in [9.17, 15) is 36.6 Å². The van der Waals surface area contributed by atoms with Crippen LogP contribution in [-0.2, 0) is 20.2 Å². The number of carboxylic acids is 2. The Kier molecular flexibility index (Phi) is 4.10. The Morgan fingerprint density at radius 1 is 0.708 bits per heavy atom. The molecule has 0 atom stereocenters. The van der Waals surface area contributed by atoms with Crippen LogP contribution < -0.4 is 0 Å². The maximum atomic E-state index is 11.3. The monoisotopic (exact) mass is 376 g/mol. The third-order valence-corrected chi connectivity index (χ3v) is 4.72. The highest BCUT2D eigenvalue weighted by molar-refractivity contribution is 7.86. The Hall–Kier alpha value is -2.54. The Bertz CT molecular complexity index is 1010. The molecule has 0 amide bonds. The molecule has 0 aromatic heterocycles. The van der Waals surface area contributed by atoms with Crippen molar-refractivity contribution in [1.29, 1.82) is 0 Å². The quantitative estimate of drug-likeness (QED) is 0.555. The summed E-state index contributed by atoms with van der Waals surface area (Å²) in [6.07, 6.45) is 0. The van der Waals surface area contributed by atoms with Gasteiger partial charge >= 0.3 is 11.9 Å². The molecule has 0 saturated heterocycles. The lowest BCUT2D eigenvalue weighted by Gasteiger charge is -2.10. The number of benzene rings is 2. The van der Waals surface area contributed by atoms with Gasteiger partial charge in [0, 0.05) is 5.39 Å². The summed E-state index contributed by atoms with van der Waals surface area (Å²) < 4.78 is 63.0. The molecule has 0 saturated carbocycles. The maximum Gasteiger partial charge on any atom is 0.336 e. The molecule has 0 aliphatic rings. The average molecular weight is 376 g/mol. The van der Waals surface area contributed by atoms with Crippen LogP contribution in [0.5, 0.6) is 0 Å². The van der Waals surface area contributed by atoms with Crippen LogP contribution in [0.4, 0.5) is 0 Å². The van der Waals surface area contributed by atoms with E-state index in [0.717, 1.165) is 0 Å². The minimum Gasteiger partial charge on any atom is -0.478 e. The molecule has 0 fully saturated rings. The minimum atomic E-state index is -4.85. The average Bonchev–Trinajstić information content (AvgIpc) is 2.42. The predicted molar refractivity (Wildman–Crippen MR) is 77.5 cm³/mol. The summed E-state index contributed by atoms with van der Waals surface area (Å²) in [5, 5.41) is 17.5. The van der Waals surface area contributed by atoms with Crippen molar-refractivity contribution in [2.24, 2.45) is 0 Å². The number of carboxylic acid groups (broad SMARTS) is 2. The van der Waals surface area contributed by atoms with Gasteiger partial charge in [-0.1, -0.05) is 0 Å². The molecule has 4 N–H and O–H groups in total. The van der Waals surface area contributed by atoms with Gasteiger partial charge in [0.2, 0.25) is 0 Å². The maximum absolute atomic E-state index is 11.3. The van der Waals surface area contributed by atoms with Gasteiger partial charge < -0.3 is 10.2 Å². The fourth-order valence-corrected chi connectivity index (χ4v) is 3.18. The van der Waals surface area contributed by atoms with Crippen molar-refractivity contribution < 1.29 is 45.7 Å². The summed E-state index contributed by atoms with van der Waals surface area (Å²) in [6.45, 7) is 0. The molecule has 0 radical (unpaired) electrons. The second-order valence-corrected chi connectivity index (χ2v) is 7.44. The molecule has 2 aromatic rings. The summed E-state index contributed by atoms with van der Waals surface area (Å²) in [6, 6.07) is 2.47. The van der Waals surface area contributed by atoms with E-state index in [2.05, 4.69) is 0 Å². The van der Waals surface area contributed by atoms with Crippen LogP contribution in [0.1, 0.15) is 20.7 Å². The molecule has 0 unspecified atom stereocenters. The molecule has 10 nitrogen and oxygen atoms in total. The van der Waals surface area contributed by atoms with Crippen LogP contribution in [0, 0.1) is 0 Å². The van der Waals surface area contributed by atoms with E-state index in [1.54, 1.807) is 0 Å². The van der Waals surface area contributed by atoms with Crippen LogP contribution in [-0.4, -0.2) is 48.1 Å². The number of hydrogen-bond donors (Lipinski definition) is 4. The molecule has 128 valence electrons. The third kappa shape index (κ3) is 3.21. The van der Waals surface area contributed by atoms with Crippen molar-refractivity contribution in [2.45, 2.75) is 9.79 Å². The van der Waals surface area contributed by atoms with Crippen LogP contribution >= 0.6 is 0 Å². The zero-order valence-electron chi connectivity index (χ0n) is 11.4. The van der Waals surface area contributed by atoms with Crippen molar-refractivity contribution in [2.75, 3.05) is 0 Å². The van der Waals surface area contributed by atoms with Crippen molar-refractivity contribution in [3.05, 3.63) is 35.4 Å². The summed E-state index contributed by atoms with van der Waals surface area (Å²) in [7, 11) is -9.71. The second-order valence-electron chi connectivity index (χ2n) is 4.60. The first-order chi connectivity index (χ1) is 10.8. The fraction of sp³-hybridized carbons (Fsp3) is 0. The van der Waals surface area contributed by atoms with E-state index in [4.69, 9.17) is 9.11 Å². The van der Waals surface area contributed by atoms with E-state index in [1.807, 2.05) is 0 Å². The first-order valence-corrected chi connectivity index (χ1v) is 8.74. The largest absolute Gasteiger partial charge is 0.478 e. The zero-order valence-corrected chi connectivity index (χ0v) is 13.0. The number of fused-ring (bicyclic) bond motifs is 1. The van der Waals surface area contributed by atoms with Crippen LogP contribution in [0.3, 0.4) is 0 Å². The lowest BCUT2D eigenvalue weighted by atomic mass is 9.99. The standard InChI is InChI=1S/C12H8O10S2/c13-11(14)8-3-6(23(17,18)19)1-5-2-7(24(20,21)22)4-9(10(5)8)12(15)16/h1-4H,(H,13,14)(H,15,16)(H,17,18,19)(H,20,21,22). The fourth-order valence-electron chi connectivity index (χ4n) is 2.10. The normalized spacial score (nSPS) is 12.2. The molecule has 2 aromatic carbocycles. The first-order valence-electron chi connectivity index (χ1n) is 5.85. The molecule has 0 aliphatic heterocycles. The van der Waals surface area contributed by atoms with Crippen molar-refractivity contribution in [3.8, 4) is 0 Å². The Balaban J connectivity index is 3.14. The van der Waals surface area contributed by atoms with E-state index >= 15 is 0 Å². The second kappa shape index (κ2) is 5.52. The SMILES string of the molecule is O=C(O)c1cc(S(=O)(=O)O)cc2cc(S(=O)(=O)O)cc(C(=O)O)c12. The number of carbonyl (C=O) groups is 2. The molecule has 2 rings (SSSR count). The smallest absolute Gasteiger partial charge is 0.336 e. The molecule has 12 heteroatoms. The van der Waals surface area contributed by atoms with Gasteiger partial charge in [0.1, 0.15) is 0 Å². The van der Waals surface area contributed by atoms with Crippen LogP contribution in [0.25, 0.3) is 10.8 Å². The van der Waals surface area contributed by atoms with Gasteiger partial charge in [-0.3, -0.25) is 9.11 Å². The van der Waals surface area contributed by atoms with Crippen LogP contribution in [0.2, 0.25) is 0 Å². The Labute approximate surface area is 134 Å². The summed E-state index contributed by atoms with van der Waals surface area (Å²) >= 11 is 0. The number of hydrogen-bond acceptors (Lipinski definition) is 6. The topological polar surface area (TPSA) is 183 Å². The van der Waals surface area contributed by atoms with Gasteiger partial charge in [-0.05, 0) is 29.7 Å². The number of aromatic carboxylic acids is 2. The molecule has 0 aliphatic carbocycles. The molecule has 0 spiro atoms. The van der Waals surface area contributed by atoms with Crippen LogP contribution in [0.15, 0.2) is 34.1 Å². The lowest BCUT2D eigenvalue weighted by molar-refractivity contribution is 0.0695.